The molecule has 0 radical (unpaired) electrons. The zero-order valence-corrected chi connectivity index (χ0v) is 38.6. The molecule has 6 atom stereocenters. The van der Waals surface area contributed by atoms with E-state index in [0.717, 1.165) is 68.3 Å². The zero-order valence-electron chi connectivity index (χ0n) is 38.6. The van der Waals surface area contributed by atoms with Gasteiger partial charge in [0.05, 0.1) is 55.8 Å². The third-order valence-electron chi connectivity index (χ3n) is 12.8. The average molecular weight is 899 g/mol. The van der Waals surface area contributed by atoms with Gasteiger partial charge in [-0.15, -0.1) is 0 Å². The highest BCUT2D eigenvalue weighted by atomic mass is 16.5. The van der Waals surface area contributed by atoms with Crippen molar-refractivity contribution in [3.63, 3.8) is 0 Å². The number of ether oxygens (including phenoxy) is 4. The van der Waals surface area contributed by atoms with E-state index >= 15 is 0 Å². The maximum atomic E-state index is 14.4. The molecule has 0 unspecified atom stereocenters. The number of hydrogen-bond acceptors (Lipinski definition) is 10. The number of nitrogens with zero attached hydrogens (tertiary/aromatic N) is 4. The molecule has 16 heteroatoms. The highest BCUT2D eigenvalue weighted by Crippen LogP contribution is 2.44. The van der Waals surface area contributed by atoms with Gasteiger partial charge >= 0.3 is 12.2 Å². The molecule has 4 aromatic carbocycles. The molecule has 66 heavy (non-hydrogen) atoms. The van der Waals surface area contributed by atoms with Crippen molar-refractivity contribution in [1.29, 1.82) is 0 Å². The van der Waals surface area contributed by atoms with Gasteiger partial charge in [-0.05, 0) is 90.4 Å². The number of hydrogen-bond donors (Lipinski definition) is 4. The van der Waals surface area contributed by atoms with Crippen molar-refractivity contribution in [1.82, 2.24) is 40.4 Å². The number of H-pyrrole nitrogens is 2. The quantitative estimate of drug-likeness (QED) is 0.0826. The summed E-state index contributed by atoms with van der Waals surface area (Å²) in [5.74, 6) is 1.42. The Kier molecular flexibility index (Phi) is 13.3. The Morgan fingerprint density at radius 2 is 1.65 bits per heavy atom. The summed E-state index contributed by atoms with van der Waals surface area (Å²) < 4.78 is 21.6. The van der Waals surface area contributed by atoms with Crippen LogP contribution in [0.15, 0.2) is 79.0 Å². The van der Waals surface area contributed by atoms with Crippen LogP contribution in [0.1, 0.15) is 88.4 Å². The van der Waals surface area contributed by atoms with Crippen LogP contribution in [-0.2, 0) is 30.4 Å². The van der Waals surface area contributed by atoms with Crippen molar-refractivity contribution in [3.05, 3.63) is 102 Å². The maximum Gasteiger partial charge on any atom is 0.407 e. The number of benzene rings is 4. The van der Waals surface area contributed by atoms with E-state index in [1.807, 2.05) is 63.8 Å². The first-order valence-electron chi connectivity index (χ1n) is 22.4. The van der Waals surface area contributed by atoms with Crippen LogP contribution in [0.3, 0.4) is 0 Å². The first kappa shape index (κ1) is 45.6. The molecule has 8 rings (SSSR count). The molecule has 4 heterocycles. The van der Waals surface area contributed by atoms with Crippen LogP contribution in [0.2, 0.25) is 0 Å². The number of aromatic amines is 2. The minimum Gasteiger partial charge on any atom is -0.488 e. The lowest BCUT2D eigenvalue weighted by atomic mass is 9.92. The van der Waals surface area contributed by atoms with Gasteiger partial charge in [0.25, 0.3) is 5.91 Å². The van der Waals surface area contributed by atoms with Crippen LogP contribution in [0.5, 0.6) is 5.75 Å². The second-order valence-electron chi connectivity index (χ2n) is 17.7. The lowest BCUT2D eigenvalue weighted by molar-refractivity contribution is -0.138. The number of nitrogens with one attached hydrogen (secondary N) is 4. The van der Waals surface area contributed by atoms with Gasteiger partial charge in [-0.2, -0.15) is 0 Å². The lowest BCUT2D eigenvalue weighted by Gasteiger charge is -2.33. The Labute approximate surface area is 383 Å². The Morgan fingerprint density at radius 3 is 2.38 bits per heavy atom. The number of fused-ring (bicyclic) bond motifs is 6. The van der Waals surface area contributed by atoms with Gasteiger partial charge in [-0.25, -0.2) is 19.6 Å². The van der Waals surface area contributed by atoms with Gasteiger partial charge in [-0.3, -0.25) is 9.59 Å². The van der Waals surface area contributed by atoms with Gasteiger partial charge in [-0.1, -0.05) is 69.3 Å². The zero-order chi connectivity index (χ0) is 46.8. The Morgan fingerprint density at radius 1 is 0.894 bits per heavy atom. The Hall–Kier alpha value is -6.94. The second kappa shape index (κ2) is 19.3. The van der Waals surface area contributed by atoms with Gasteiger partial charge in [0, 0.05) is 30.6 Å². The molecule has 1 saturated heterocycles. The molecule has 0 saturated carbocycles. The molecule has 4 amide bonds. The molecule has 6 aromatic rings. The van der Waals surface area contributed by atoms with Crippen molar-refractivity contribution in [2.75, 3.05) is 34.5 Å². The van der Waals surface area contributed by atoms with E-state index in [1.165, 1.54) is 14.2 Å². The molecule has 346 valence electrons. The van der Waals surface area contributed by atoms with Crippen LogP contribution in [0.4, 0.5) is 9.59 Å². The fourth-order valence-electron chi connectivity index (χ4n) is 9.35. The smallest absolute Gasteiger partial charge is 0.407 e. The van der Waals surface area contributed by atoms with E-state index in [-0.39, 0.29) is 35.7 Å². The molecule has 4 N–H and O–H groups in total. The minimum absolute atomic E-state index is 0.0139. The number of rotatable bonds is 14. The summed E-state index contributed by atoms with van der Waals surface area (Å²) in [4.78, 5) is 73.5. The lowest BCUT2D eigenvalue weighted by Crippen LogP contribution is -2.52. The maximum absolute atomic E-state index is 14.4. The fraction of sp³-hybridized carbons (Fsp3) is 0.400. The van der Waals surface area contributed by atoms with Gasteiger partial charge in [0.15, 0.2) is 0 Å². The van der Waals surface area contributed by atoms with Crippen molar-refractivity contribution < 1.29 is 38.1 Å². The molecule has 16 nitrogen and oxygen atoms in total. The molecule has 0 aliphatic carbocycles. The predicted molar refractivity (Wildman–Crippen MR) is 249 cm³/mol. The summed E-state index contributed by atoms with van der Waals surface area (Å²) in [6.07, 6.45) is 1.97. The summed E-state index contributed by atoms with van der Waals surface area (Å²) >= 11 is 0. The van der Waals surface area contributed by atoms with Gasteiger partial charge < -0.3 is 49.3 Å². The van der Waals surface area contributed by atoms with Crippen molar-refractivity contribution in [2.24, 2.45) is 11.8 Å². The number of methoxy groups -OCH3 is 3. The highest BCUT2D eigenvalue weighted by molar-refractivity contribution is 6.07. The molecular formula is C50H58N8O8. The Bertz CT molecular complexity index is 2750. The number of likely N-dealkylation sites (tertiary alicyclic amines) is 1. The van der Waals surface area contributed by atoms with E-state index in [0.29, 0.717) is 37.0 Å². The van der Waals surface area contributed by atoms with Crippen LogP contribution < -0.4 is 15.4 Å². The average Bonchev–Trinajstić information content (AvgIpc) is 4.09. The highest BCUT2D eigenvalue weighted by Gasteiger charge is 2.41. The number of aromatic nitrogens is 4. The summed E-state index contributed by atoms with van der Waals surface area (Å²) in [6.45, 7) is 10.9. The molecule has 0 bridgehead atoms. The van der Waals surface area contributed by atoms with Crippen LogP contribution in [0.25, 0.3) is 44.2 Å². The molecule has 0 spiro atoms. The van der Waals surface area contributed by atoms with Crippen LogP contribution in [-0.4, -0.2) is 100 Å². The molecule has 2 aliphatic heterocycles. The third-order valence-corrected chi connectivity index (χ3v) is 12.8. The molecular weight excluding hydrogens is 841 g/mol. The van der Waals surface area contributed by atoms with E-state index in [9.17, 15) is 19.2 Å². The first-order chi connectivity index (χ1) is 31.8. The first-order valence-corrected chi connectivity index (χ1v) is 22.4. The topological polar surface area (TPSA) is 193 Å². The van der Waals surface area contributed by atoms with Crippen LogP contribution in [0, 0.1) is 11.8 Å². The number of carbonyl (C=O) groups excluding carboxylic acids is 4. The largest absolute Gasteiger partial charge is 0.488 e. The number of alkyl carbamates (subject to hydrolysis) is 2. The van der Waals surface area contributed by atoms with Gasteiger partial charge in [0.2, 0.25) is 5.91 Å². The second-order valence-corrected chi connectivity index (χ2v) is 17.7. The van der Waals surface area contributed by atoms with Crippen LogP contribution >= 0.6 is 0 Å². The van der Waals surface area contributed by atoms with E-state index in [4.69, 9.17) is 28.9 Å². The number of imidazole rings is 2. The standard InChI is InChI=1S/C50H58N8O8/c1-27(2)42(55-49(61)64-7)48(60)58-29(4)14-19-40(58)46-52-38-18-16-32-21-37-35-17-15-33(20-34(35)26-66-41(37)22-36(32)44(38)54-46)39-23-51-45(53-39)30(5)57(24-28(3)25-63-6)47(59)43(56-50(62)65-8)31-12-10-9-11-13-31/h9-13,15-18,20-23,27-30,40,42-43H,14,19,24-26H2,1-8H3,(H,51,53)(H,52,54)(H,55,61)(H,56,62)/t28-,29-,30-,40-,42-,43+/m0/s1. The summed E-state index contributed by atoms with van der Waals surface area (Å²) in [5, 5.41) is 7.44. The van der Waals surface area contributed by atoms with E-state index < -0.39 is 30.3 Å². The normalized spacial score (nSPS) is 17.3. The summed E-state index contributed by atoms with van der Waals surface area (Å²) in [6, 6.07) is 21.1. The summed E-state index contributed by atoms with van der Waals surface area (Å²) in [7, 11) is 4.19. The molecule has 1 fully saturated rings. The van der Waals surface area contributed by atoms with Gasteiger partial charge in [0.1, 0.15) is 36.1 Å². The fourth-order valence-corrected chi connectivity index (χ4v) is 9.35. The van der Waals surface area contributed by atoms with Crippen molar-refractivity contribution >= 4 is 45.8 Å². The third kappa shape index (κ3) is 9.01. The number of carbonyl (C=O) groups is 4. The molecule has 2 aromatic heterocycles. The SMILES string of the molecule is COC[C@@H](C)CN(C(=O)[C@H](NC(=O)OC)c1ccccc1)[C@@H](C)c1ncc(-c2ccc3c(c2)COc2cc4c(ccc5nc([C@@H]6CC[C@H](C)N6C(=O)[C@@H](NC(=O)OC)C(C)C)[nH]c54)cc2-3)[nH]1. The van der Waals surface area contributed by atoms with E-state index in [1.54, 1.807) is 30.3 Å². The monoisotopic (exact) mass is 898 g/mol. The van der Waals surface area contributed by atoms with Crippen molar-refractivity contribution in [3.8, 4) is 28.1 Å². The Balaban J connectivity index is 1.05. The predicted octanol–water partition coefficient (Wildman–Crippen LogP) is 8.37. The minimum atomic E-state index is -0.986. The van der Waals surface area contributed by atoms with Crippen molar-refractivity contribution in [2.45, 2.75) is 84.3 Å². The molecule has 2 aliphatic rings. The number of amides is 4. The van der Waals surface area contributed by atoms with E-state index in [2.05, 4.69) is 57.0 Å². The summed E-state index contributed by atoms with van der Waals surface area (Å²) in [5.41, 5.74) is 7.02.